The van der Waals surface area contributed by atoms with Gasteiger partial charge in [0, 0.05) is 17.3 Å². The minimum Gasteiger partial charge on any atom is -0.296 e. The van der Waals surface area contributed by atoms with E-state index in [2.05, 4.69) is 4.98 Å². The van der Waals surface area contributed by atoms with Crippen molar-refractivity contribution in [2.45, 2.75) is 0 Å². The van der Waals surface area contributed by atoms with Crippen LogP contribution in [0.15, 0.2) is 36.5 Å². The van der Waals surface area contributed by atoms with Gasteiger partial charge in [0.2, 0.25) is 0 Å². The number of aromatic nitrogens is 1. The minimum absolute atomic E-state index is 0.130. The molecule has 0 saturated carbocycles. The lowest BCUT2D eigenvalue weighted by Gasteiger charge is -2.03. The van der Waals surface area contributed by atoms with Gasteiger partial charge in [-0.05, 0) is 12.1 Å². The lowest BCUT2D eigenvalue weighted by Crippen LogP contribution is -1.91. The van der Waals surface area contributed by atoms with Crippen LogP contribution in [-0.4, -0.2) is 11.3 Å². The molecule has 0 spiro atoms. The van der Waals surface area contributed by atoms with Gasteiger partial charge in [0.1, 0.15) is 5.69 Å². The van der Waals surface area contributed by atoms with Gasteiger partial charge in [-0.3, -0.25) is 9.78 Å². The molecule has 0 saturated heterocycles. The molecular weight excluding hydrogens is 212 g/mol. The van der Waals surface area contributed by atoms with Crippen molar-refractivity contribution in [1.82, 2.24) is 4.98 Å². The van der Waals surface area contributed by atoms with E-state index in [1.54, 1.807) is 0 Å². The number of hydrogen-bond donors (Lipinski definition) is 0. The minimum atomic E-state index is -0.914. The number of halogens is 2. The third-order valence-electron chi connectivity index (χ3n) is 2.17. The molecule has 2 nitrogen and oxygen atoms in total. The molecular formula is C12H7F2NO. The standard InChI is InChI=1S/C12H7F2NO/c13-11-3-1-2-10(12(11)14)8-4-5-9(7-16)15-6-8/h1-7H. The Hall–Kier alpha value is -2.10. The van der Waals surface area contributed by atoms with E-state index < -0.39 is 11.6 Å². The highest BCUT2D eigenvalue weighted by Gasteiger charge is 2.09. The van der Waals surface area contributed by atoms with Gasteiger partial charge in [-0.15, -0.1) is 0 Å². The van der Waals surface area contributed by atoms with Crippen LogP contribution in [0, 0.1) is 11.6 Å². The number of carbonyl (C=O) groups excluding carboxylic acids is 1. The fourth-order valence-corrected chi connectivity index (χ4v) is 1.36. The topological polar surface area (TPSA) is 30.0 Å². The van der Waals surface area contributed by atoms with Crippen molar-refractivity contribution in [2.75, 3.05) is 0 Å². The van der Waals surface area contributed by atoms with E-state index in [9.17, 15) is 13.6 Å². The van der Waals surface area contributed by atoms with Crippen LogP contribution in [0.1, 0.15) is 10.5 Å². The predicted molar refractivity (Wildman–Crippen MR) is 55.0 cm³/mol. The molecule has 0 fully saturated rings. The maximum absolute atomic E-state index is 13.4. The van der Waals surface area contributed by atoms with Crippen molar-refractivity contribution in [3.05, 3.63) is 53.9 Å². The summed E-state index contributed by atoms with van der Waals surface area (Å²) >= 11 is 0. The molecule has 0 radical (unpaired) electrons. The van der Waals surface area contributed by atoms with Crippen molar-refractivity contribution in [3.63, 3.8) is 0 Å². The Balaban J connectivity index is 2.50. The molecule has 0 atom stereocenters. The van der Waals surface area contributed by atoms with Crippen molar-refractivity contribution < 1.29 is 13.6 Å². The summed E-state index contributed by atoms with van der Waals surface area (Å²) in [5, 5.41) is 0. The lowest BCUT2D eigenvalue weighted by molar-refractivity contribution is 0.111. The number of pyridine rings is 1. The van der Waals surface area contributed by atoms with Crippen LogP contribution >= 0.6 is 0 Å². The first kappa shape index (κ1) is 10.4. The molecule has 0 bridgehead atoms. The average molecular weight is 219 g/mol. The second-order valence-electron chi connectivity index (χ2n) is 3.19. The largest absolute Gasteiger partial charge is 0.296 e. The van der Waals surface area contributed by atoms with Crippen LogP contribution in [-0.2, 0) is 0 Å². The maximum atomic E-state index is 13.4. The van der Waals surface area contributed by atoms with E-state index in [1.807, 2.05) is 0 Å². The maximum Gasteiger partial charge on any atom is 0.168 e. The second kappa shape index (κ2) is 4.18. The summed E-state index contributed by atoms with van der Waals surface area (Å²) in [4.78, 5) is 14.2. The molecule has 2 rings (SSSR count). The summed E-state index contributed by atoms with van der Waals surface area (Å²) in [6.45, 7) is 0. The van der Waals surface area contributed by atoms with Gasteiger partial charge < -0.3 is 0 Å². The van der Waals surface area contributed by atoms with Crippen LogP contribution < -0.4 is 0 Å². The van der Waals surface area contributed by atoms with E-state index >= 15 is 0 Å². The molecule has 80 valence electrons. The Morgan fingerprint density at radius 3 is 2.56 bits per heavy atom. The van der Waals surface area contributed by atoms with E-state index in [0.717, 1.165) is 6.07 Å². The van der Waals surface area contributed by atoms with E-state index in [0.29, 0.717) is 11.8 Å². The summed E-state index contributed by atoms with van der Waals surface area (Å²) in [5.74, 6) is -1.82. The van der Waals surface area contributed by atoms with Crippen LogP contribution in [0.2, 0.25) is 0 Å². The third-order valence-corrected chi connectivity index (χ3v) is 2.17. The zero-order valence-electron chi connectivity index (χ0n) is 8.15. The van der Waals surface area contributed by atoms with Crippen molar-refractivity contribution in [3.8, 4) is 11.1 Å². The summed E-state index contributed by atoms with van der Waals surface area (Å²) in [5.41, 5.74) is 0.813. The zero-order valence-corrected chi connectivity index (χ0v) is 8.15. The van der Waals surface area contributed by atoms with Crippen LogP contribution in [0.5, 0.6) is 0 Å². The Bertz CT molecular complexity index is 523. The molecule has 4 heteroatoms. The highest BCUT2D eigenvalue weighted by Crippen LogP contribution is 2.23. The van der Waals surface area contributed by atoms with Gasteiger partial charge in [-0.2, -0.15) is 0 Å². The normalized spacial score (nSPS) is 10.1. The molecule has 1 heterocycles. The Morgan fingerprint density at radius 1 is 1.12 bits per heavy atom. The Morgan fingerprint density at radius 2 is 1.94 bits per heavy atom. The SMILES string of the molecule is O=Cc1ccc(-c2cccc(F)c2F)cn1. The number of benzene rings is 1. The monoisotopic (exact) mass is 219 g/mol. The van der Waals surface area contributed by atoms with Gasteiger partial charge in [0.05, 0.1) is 0 Å². The fourth-order valence-electron chi connectivity index (χ4n) is 1.36. The summed E-state index contributed by atoms with van der Waals surface area (Å²) in [7, 11) is 0. The fraction of sp³-hybridized carbons (Fsp3) is 0. The smallest absolute Gasteiger partial charge is 0.168 e. The molecule has 2 aromatic rings. The number of hydrogen-bond acceptors (Lipinski definition) is 2. The highest BCUT2D eigenvalue weighted by atomic mass is 19.2. The number of carbonyl (C=O) groups is 1. The summed E-state index contributed by atoms with van der Waals surface area (Å²) in [6.07, 6.45) is 1.92. The molecule has 0 aliphatic heterocycles. The first-order valence-corrected chi connectivity index (χ1v) is 4.58. The molecule has 0 unspecified atom stereocenters. The van der Waals surface area contributed by atoms with Crippen molar-refractivity contribution in [1.29, 1.82) is 0 Å². The van der Waals surface area contributed by atoms with Gasteiger partial charge in [0.25, 0.3) is 0 Å². The quantitative estimate of drug-likeness (QED) is 0.727. The number of rotatable bonds is 2. The first-order valence-electron chi connectivity index (χ1n) is 4.58. The molecule has 1 aromatic carbocycles. The summed E-state index contributed by atoms with van der Waals surface area (Å²) in [6, 6.07) is 6.89. The Kier molecular flexibility index (Phi) is 2.72. The van der Waals surface area contributed by atoms with Crippen molar-refractivity contribution in [2.24, 2.45) is 0 Å². The Labute approximate surface area is 90.6 Å². The molecule has 16 heavy (non-hydrogen) atoms. The van der Waals surface area contributed by atoms with Gasteiger partial charge in [-0.25, -0.2) is 8.78 Å². The molecule has 1 aromatic heterocycles. The van der Waals surface area contributed by atoms with Crippen LogP contribution in [0.3, 0.4) is 0 Å². The predicted octanol–water partition coefficient (Wildman–Crippen LogP) is 2.84. The highest BCUT2D eigenvalue weighted by molar-refractivity contribution is 5.73. The van der Waals surface area contributed by atoms with Gasteiger partial charge in [-0.1, -0.05) is 18.2 Å². The first-order chi connectivity index (χ1) is 7.72. The third kappa shape index (κ3) is 1.82. The van der Waals surface area contributed by atoms with Gasteiger partial charge in [0.15, 0.2) is 17.9 Å². The number of nitrogens with zero attached hydrogens (tertiary/aromatic N) is 1. The van der Waals surface area contributed by atoms with Crippen LogP contribution in [0.4, 0.5) is 8.78 Å². The van der Waals surface area contributed by atoms with Gasteiger partial charge >= 0.3 is 0 Å². The molecule has 0 aliphatic carbocycles. The molecule has 0 N–H and O–H groups in total. The average Bonchev–Trinajstić information content (AvgIpc) is 2.33. The van der Waals surface area contributed by atoms with E-state index in [4.69, 9.17) is 0 Å². The van der Waals surface area contributed by atoms with Crippen LogP contribution in [0.25, 0.3) is 11.1 Å². The second-order valence-corrected chi connectivity index (χ2v) is 3.19. The van der Waals surface area contributed by atoms with Crippen molar-refractivity contribution >= 4 is 6.29 Å². The molecule has 0 aliphatic rings. The lowest BCUT2D eigenvalue weighted by atomic mass is 10.1. The van der Waals surface area contributed by atoms with E-state index in [-0.39, 0.29) is 11.3 Å². The summed E-state index contributed by atoms with van der Waals surface area (Å²) < 4.78 is 26.4. The zero-order chi connectivity index (χ0) is 11.5. The number of aldehydes is 1. The van der Waals surface area contributed by atoms with E-state index in [1.165, 1.54) is 30.5 Å². The molecule has 0 amide bonds.